The van der Waals surface area contributed by atoms with Crippen LogP contribution in [-0.4, -0.2) is 6.61 Å². The lowest BCUT2D eigenvalue weighted by Crippen LogP contribution is -1.85. The van der Waals surface area contributed by atoms with Crippen molar-refractivity contribution in [3.05, 3.63) is 54.3 Å². The maximum absolute atomic E-state index is 5.18. The molecule has 68 valence electrons. The fourth-order valence-electron chi connectivity index (χ4n) is 0.939. The number of hydrogen-bond donors (Lipinski definition) is 0. The average molecular weight is 174 g/mol. The number of ether oxygens (including phenoxy) is 1. The molecule has 0 fully saturated rings. The van der Waals surface area contributed by atoms with Gasteiger partial charge in [-0.15, -0.1) is 0 Å². The zero-order chi connectivity index (χ0) is 9.52. The molecule has 0 unspecified atom stereocenters. The van der Waals surface area contributed by atoms with Gasteiger partial charge in [-0.25, -0.2) is 0 Å². The highest BCUT2D eigenvalue weighted by molar-refractivity contribution is 5.48. The summed E-state index contributed by atoms with van der Waals surface area (Å²) in [6.07, 6.45) is 4.01. The van der Waals surface area contributed by atoms with Crippen LogP contribution in [0.15, 0.2) is 48.7 Å². The summed E-state index contributed by atoms with van der Waals surface area (Å²) < 4.78 is 5.18. The third-order valence-electron chi connectivity index (χ3n) is 1.54. The van der Waals surface area contributed by atoms with Crippen molar-refractivity contribution in [3.8, 4) is 0 Å². The van der Waals surface area contributed by atoms with E-state index in [0.29, 0.717) is 6.61 Å². The molecule has 1 aromatic carbocycles. The molecule has 0 amide bonds. The summed E-state index contributed by atoms with van der Waals surface area (Å²) >= 11 is 0. The molecule has 1 aromatic rings. The summed E-state index contributed by atoms with van der Waals surface area (Å²) in [4.78, 5) is 0. The standard InChI is InChI=1S/C12H14O/c1-11(2)13-10-6-9-12-7-4-3-5-8-12/h3-9H,1,10H2,2H3/b9-6+. The molecule has 0 aliphatic rings. The van der Waals surface area contributed by atoms with E-state index >= 15 is 0 Å². The summed E-state index contributed by atoms with van der Waals surface area (Å²) in [5.74, 6) is 0.748. The van der Waals surface area contributed by atoms with Gasteiger partial charge in [0.1, 0.15) is 6.61 Å². The molecule has 0 atom stereocenters. The van der Waals surface area contributed by atoms with Gasteiger partial charge in [-0.3, -0.25) is 0 Å². The molecule has 1 rings (SSSR count). The van der Waals surface area contributed by atoms with Crippen molar-refractivity contribution in [2.45, 2.75) is 6.92 Å². The summed E-state index contributed by atoms with van der Waals surface area (Å²) in [5.41, 5.74) is 1.19. The maximum Gasteiger partial charge on any atom is 0.106 e. The van der Waals surface area contributed by atoms with Gasteiger partial charge in [0.15, 0.2) is 0 Å². The van der Waals surface area contributed by atoms with E-state index < -0.39 is 0 Å². The van der Waals surface area contributed by atoms with Crippen LogP contribution >= 0.6 is 0 Å². The van der Waals surface area contributed by atoms with E-state index in [4.69, 9.17) is 4.74 Å². The molecule has 1 heteroatoms. The Morgan fingerprint density at radius 1 is 1.38 bits per heavy atom. The zero-order valence-corrected chi connectivity index (χ0v) is 7.86. The van der Waals surface area contributed by atoms with Crippen molar-refractivity contribution < 1.29 is 4.74 Å². The van der Waals surface area contributed by atoms with Crippen LogP contribution in [0.1, 0.15) is 12.5 Å². The zero-order valence-electron chi connectivity index (χ0n) is 7.86. The summed E-state index contributed by atoms with van der Waals surface area (Å²) in [6, 6.07) is 10.1. The van der Waals surface area contributed by atoms with Crippen LogP contribution in [0.5, 0.6) is 0 Å². The van der Waals surface area contributed by atoms with Gasteiger partial charge in [0.25, 0.3) is 0 Å². The third-order valence-corrected chi connectivity index (χ3v) is 1.54. The predicted octanol–water partition coefficient (Wildman–Crippen LogP) is 3.25. The largest absolute Gasteiger partial charge is 0.495 e. The Morgan fingerprint density at radius 3 is 2.69 bits per heavy atom. The van der Waals surface area contributed by atoms with Crippen LogP contribution < -0.4 is 0 Å². The van der Waals surface area contributed by atoms with E-state index in [9.17, 15) is 0 Å². The smallest absolute Gasteiger partial charge is 0.106 e. The third kappa shape index (κ3) is 4.16. The van der Waals surface area contributed by atoms with E-state index in [0.717, 1.165) is 5.76 Å². The van der Waals surface area contributed by atoms with Crippen LogP contribution in [-0.2, 0) is 4.74 Å². The number of rotatable bonds is 4. The molecule has 13 heavy (non-hydrogen) atoms. The number of hydrogen-bond acceptors (Lipinski definition) is 1. The monoisotopic (exact) mass is 174 g/mol. The second kappa shape index (κ2) is 5.20. The second-order valence-corrected chi connectivity index (χ2v) is 2.83. The SMILES string of the molecule is C=C(C)OC/C=C/c1ccccc1. The predicted molar refractivity (Wildman–Crippen MR) is 56.2 cm³/mol. The molecule has 0 heterocycles. The normalized spacial score (nSPS) is 10.2. The first kappa shape index (κ1) is 9.59. The quantitative estimate of drug-likeness (QED) is 0.637. The number of benzene rings is 1. The van der Waals surface area contributed by atoms with E-state index in [1.165, 1.54) is 5.56 Å². The molecular formula is C12H14O. The Balaban J connectivity index is 2.37. The van der Waals surface area contributed by atoms with Gasteiger partial charge < -0.3 is 4.74 Å². The van der Waals surface area contributed by atoms with Gasteiger partial charge in [0.05, 0.1) is 5.76 Å². The fraction of sp³-hybridized carbons (Fsp3) is 0.167. The summed E-state index contributed by atoms with van der Waals surface area (Å²) in [6.45, 7) is 6.07. The van der Waals surface area contributed by atoms with Crippen LogP contribution in [0.25, 0.3) is 6.08 Å². The van der Waals surface area contributed by atoms with Gasteiger partial charge in [0.2, 0.25) is 0 Å². The minimum Gasteiger partial charge on any atom is -0.495 e. The van der Waals surface area contributed by atoms with Crippen molar-refractivity contribution >= 4 is 6.08 Å². The molecule has 0 N–H and O–H groups in total. The highest BCUT2D eigenvalue weighted by Gasteiger charge is 1.83. The Bertz CT molecular complexity index is 285. The van der Waals surface area contributed by atoms with Crippen LogP contribution in [0.2, 0.25) is 0 Å². The Kier molecular flexibility index (Phi) is 3.83. The van der Waals surface area contributed by atoms with Gasteiger partial charge in [-0.05, 0) is 18.6 Å². The van der Waals surface area contributed by atoms with Crippen LogP contribution in [0.3, 0.4) is 0 Å². The van der Waals surface area contributed by atoms with Gasteiger partial charge >= 0.3 is 0 Å². The topological polar surface area (TPSA) is 9.23 Å². The van der Waals surface area contributed by atoms with E-state index in [2.05, 4.69) is 18.7 Å². The number of allylic oxidation sites excluding steroid dienone is 1. The summed E-state index contributed by atoms with van der Waals surface area (Å²) in [5, 5.41) is 0. The van der Waals surface area contributed by atoms with E-state index in [-0.39, 0.29) is 0 Å². The lowest BCUT2D eigenvalue weighted by molar-refractivity contribution is 0.252. The molecule has 0 aromatic heterocycles. The molecule has 0 spiro atoms. The van der Waals surface area contributed by atoms with E-state index in [1.54, 1.807) is 0 Å². The molecule has 0 aliphatic heterocycles. The lowest BCUT2D eigenvalue weighted by Gasteiger charge is -1.98. The van der Waals surface area contributed by atoms with Gasteiger partial charge in [-0.2, -0.15) is 0 Å². The van der Waals surface area contributed by atoms with Gasteiger partial charge in [-0.1, -0.05) is 43.0 Å². The Morgan fingerprint density at radius 2 is 2.08 bits per heavy atom. The first-order valence-corrected chi connectivity index (χ1v) is 4.29. The van der Waals surface area contributed by atoms with E-state index in [1.807, 2.05) is 37.3 Å². The minimum absolute atomic E-state index is 0.588. The highest BCUT2D eigenvalue weighted by atomic mass is 16.5. The molecular weight excluding hydrogens is 160 g/mol. The molecule has 0 bridgehead atoms. The Hall–Kier alpha value is -1.50. The first-order chi connectivity index (χ1) is 6.29. The minimum atomic E-state index is 0.588. The fourth-order valence-corrected chi connectivity index (χ4v) is 0.939. The van der Waals surface area contributed by atoms with Crippen molar-refractivity contribution in [1.82, 2.24) is 0 Å². The molecule has 0 aliphatic carbocycles. The van der Waals surface area contributed by atoms with Crippen molar-refractivity contribution in [2.24, 2.45) is 0 Å². The Labute approximate surface area is 79.4 Å². The highest BCUT2D eigenvalue weighted by Crippen LogP contribution is 2.01. The lowest BCUT2D eigenvalue weighted by atomic mass is 10.2. The van der Waals surface area contributed by atoms with Crippen molar-refractivity contribution in [3.63, 3.8) is 0 Å². The maximum atomic E-state index is 5.18. The summed E-state index contributed by atoms with van der Waals surface area (Å²) in [7, 11) is 0. The average Bonchev–Trinajstić information content (AvgIpc) is 2.14. The van der Waals surface area contributed by atoms with Crippen molar-refractivity contribution in [1.29, 1.82) is 0 Å². The first-order valence-electron chi connectivity index (χ1n) is 4.29. The molecule has 0 radical (unpaired) electrons. The van der Waals surface area contributed by atoms with Crippen molar-refractivity contribution in [2.75, 3.05) is 6.61 Å². The van der Waals surface area contributed by atoms with Gasteiger partial charge in [0, 0.05) is 0 Å². The molecule has 0 saturated carbocycles. The van der Waals surface area contributed by atoms with Crippen LogP contribution in [0.4, 0.5) is 0 Å². The van der Waals surface area contributed by atoms with Crippen LogP contribution in [0, 0.1) is 0 Å². The molecule has 0 saturated heterocycles. The second-order valence-electron chi connectivity index (χ2n) is 2.83. The molecule has 1 nitrogen and oxygen atoms in total.